The molecule has 1 aromatic rings. The van der Waals surface area contributed by atoms with Crippen LogP contribution in [-0.4, -0.2) is 57.2 Å². The number of nitrogens with one attached hydrogen (secondary N) is 1. The van der Waals surface area contributed by atoms with Gasteiger partial charge in [0, 0.05) is 31.6 Å². The van der Waals surface area contributed by atoms with E-state index in [1.54, 1.807) is 24.0 Å². The lowest BCUT2D eigenvalue weighted by atomic mass is 10.1. The predicted molar refractivity (Wildman–Crippen MR) is 88.8 cm³/mol. The van der Waals surface area contributed by atoms with Crippen molar-refractivity contribution < 1.29 is 23.8 Å². The fraction of sp³-hybridized carbons (Fsp3) is 0.529. The molecule has 1 fully saturated rings. The van der Waals surface area contributed by atoms with Crippen LogP contribution >= 0.6 is 0 Å². The maximum atomic E-state index is 12.4. The maximum absolute atomic E-state index is 12.4. The van der Waals surface area contributed by atoms with Crippen LogP contribution in [0, 0.1) is 0 Å². The number of rotatable bonds is 8. The fourth-order valence-electron chi connectivity index (χ4n) is 2.59. The Hall–Kier alpha value is -2.44. The average molecular weight is 336 g/mol. The van der Waals surface area contributed by atoms with Gasteiger partial charge in [0.2, 0.25) is 11.7 Å². The Kier molecular flexibility index (Phi) is 5.89. The Bertz CT molecular complexity index is 588. The first-order chi connectivity index (χ1) is 11.5. The highest BCUT2D eigenvalue weighted by Crippen LogP contribution is 2.38. The van der Waals surface area contributed by atoms with Crippen molar-refractivity contribution in [1.82, 2.24) is 10.2 Å². The van der Waals surface area contributed by atoms with Crippen LogP contribution in [0.25, 0.3) is 0 Å². The Balaban J connectivity index is 2.02. The third-order valence-corrected chi connectivity index (χ3v) is 3.96. The van der Waals surface area contributed by atoms with Gasteiger partial charge in [-0.2, -0.15) is 0 Å². The molecule has 1 aromatic carbocycles. The van der Waals surface area contributed by atoms with Crippen LogP contribution in [0.5, 0.6) is 17.2 Å². The number of amides is 2. The minimum Gasteiger partial charge on any atom is -0.493 e. The van der Waals surface area contributed by atoms with Gasteiger partial charge in [0.25, 0.3) is 5.91 Å². The number of ether oxygens (including phenoxy) is 3. The molecular weight excluding hydrogens is 312 g/mol. The Morgan fingerprint density at radius 2 is 1.71 bits per heavy atom. The fourth-order valence-corrected chi connectivity index (χ4v) is 2.59. The molecule has 1 N–H and O–H groups in total. The summed E-state index contributed by atoms with van der Waals surface area (Å²) >= 11 is 0. The molecule has 0 spiro atoms. The first-order valence-electron chi connectivity index (χ1n) is 7.87. The van der Waals surface area contributed by atoms with E-state index in [4.69, 9.17) is 14.2 Å². The SMILES string of the molecule is COc1cc(C(=O)NCCN(C(C)=O)C2CC2)cc(OC)c1OC. The molecule has 0 atom stereocenters. The van der Waals surface area contributed by atoms with Gasteiger partial charge < -0.3 is 24.4 Å². The monoisotopic (exact) mass is 336 g/mol. The summed E-state index contributed by atoms with van der Waals surface area (Å²) in [6.07, 6.45) is 2.08. The summed E-state index contributed by atoms with van der Waals surface area (Å²) in [6.45, 7) is 2.46. The van der Waals surface area contributed by atoms with E-state index in [9.17, 15) is 9.59 Å². The highest BCUT2D eigenvalue weighted by atomic mass is 16.5. The molecule has 1 aliphatic rings. The zero-order valence-corrected chi connectivity index (χ0v) is 14.5. The van der Waals surface area contributed by atoms with Crippen LogP contribution in [0.2, 0.25) is 0 Å². The molecule has 24 heavy (non-hydrogen) atoms. The molecule has 0 bridgehead atoms. The van der Waals surface area contributed by atoms with E-state index in [2.05, 4.69) is 5.32 Å². The van der Waals surface area contributed by atoms with Gasteiger partial charge in [-0.25, -0.2) is 0 Å². The van der Waals surface area contributed by atoms with Crippen LogP contribution in [0.3, 0.4) is 0 Å². The lowest BCUT2D eigenvalue weighted by Crippen LogP contribution is -2.38. The van der Waals surface area contributed by atoms with Crippen LogP contribution in [0.1, 0.15) is 30.1 Å². The lowest BCUT2D eigenvalue weighted by molar-refractivity contribution is -0.129. The lowest BCUT2D eigenvalue weighted by Gasteiger charge is -2.20. The molecule has 1 aliphatic carbocycles. The van der Waals surface area contributed by atoms with Crippen molar-refractivity contribution in [2.75, 3.05) is 34.4 Å². The molecule has 0 unspecified atom stereocenters. The van der Waals surface area contributed by atoms with Gasteiger partial charge >= 0.3 is 0 Å². The Labute approximate surface area is 141 Å². The second-order valence-corrected chi connectivity index (χ2v) is 5.61. The van der Waals surface area contributed by atoms with Crippen molar-refractivity contribution in [3.63, 3.8) is 0 Å². The molecule has 2 amide bonds. The summed E-state index contributed by atoms with van der Waals surface area (Å²) in [6, 6.07) is 3.53. The standard InChI is InChI=1S/C17H24N2O5/c1-11(20)19(13-5-6-13)8-7-18-17(21)12-9-14(22-2)16(24-4)15(10-12)23-3/h9-10,13H,5-8H2,1-4H3,(H,18,21). The molecular formula is C17H24N2O5. The average Bonchev–Trinajstić information content (AvgIpc) is 3.41. The van der Waals surface area contributed by atoms with Crippen LogP contribution < -0.4 is 19.5 Å². The van der Waals surface area contributed by atoms with Crippen LogP contribution in [0.4, 0.5) is 0 Å². The summed E-state index contributed by atoms with van der Waals surface area (Å²) in [5.74, 6) is 1.07. The first-order valence-corrected chi connectivity index (χ1v) is 7.87. The zero-order chi connectivity index (χ0) is 17.7. The van der Waals surface area contributed by atoms with Gasteiger partial charge in [0.15, 0.2) is 11.5 Å². The number of hydrogen-bond acceptors (Lipinski definition) is 5. The highest BCUT2D eigenvalue weighted by Gasteiger charge is 2.30. The van der Waals surface area contributed by atoms with Gasteiger partial charge in [-0.1, -0.05) is 0 Å². The molecule has 1 saturated carbocycles. The normalized spacial score (nSPS) is 13.2. The third kappa shape index (κ3) is 4.10. The van der Waals surface area contributed by atoms with E-state index in [0.29, 0.717) is 41.9 Å². The number of carbonyl (C=O) groups excluding carboxylic acids is 2. The van der Waals surface area contributed by atoms with Gasteiger partial charge in [0.05, 0.1) is 21.3 Å². The summed E-state index contributed by atoms with van der Waals surface area (Å²) in [4.78, 5) is 25.7. The van der Waals surface area contributed by atoms with Crippen molar-refractivity contribution in [1.29, 1.82) is 0 Å². The molecule has 0 aromatic heterocycles. The minimum atomic E-state index is -0.256. The van der Waals surface area contributed by atoms with Crippen molar-refractivity contribution in [2.24, 2.45) is 0 Å². The van der Waals surface area contributed by atoms with E-state index in [0.717, 1.165) is 12.8 Å². The third-order valence-electron chi connectivity index (χ3n) is 3.96. The summed E-state index contributed by atoms with van der Waals surface area (Å²) in [5.41, 5.74) is 0.408. The van der Waals surface area contributed by atoms with Gasteiger partial charge in [-0.15, -0.1) is 0 Å². The largest absolute Gasteiger partial charge is 0.493 e. The number of nitrogens with zero attached hydrogens (tertiary/aromatic N) is 1. The second kappa shape index (κ2) is 7.90. The van der Waals surface area contributed by atoms with Crippen LogP contribution in [0.15, 0.2) is 12.1 Å². The van der Waals surface area contributed by atoms with Crippen molar-refractivity contribution >= 4 is 11.8 Å². The van der Waals surface area contributed by atoms with Gasteiger partial charge in [0.1, 0.15) is 0 Å². The maximum Gasteiger partial charge on any atom is 0.251 e. The smallest absolute Gasteiger partial charge is 0.251 e. The number of benzene rings is 1. The van der Waals surface area contributed by atoms with Crippen molar-refractivity contribution in [2.45, 2.75) is 25.8 Å². The van der Waals surface area contributed by atoms with E-state index in [-0.39, 0.29) is 11.8 Å². The summed E-state index contributed by atoms with van der Waals surface area (Å²) in [7, 11) is 4.51. The second-order valence-electron chi connectivity index (χ2n) is 5.61. The van der Waals surface area contributed by atoms with E-state index in [1.807, 2.05) is 0 Å². The Morgan fingerprint density at radius 1 is 1.12 bits per heavy atom. The Morgan fingerprint density at radius 3 is 2.12 bits per heavy atom. The van der Waals surface area contributed by atoms with Crippen molar-refractivity contribution in [3.8, 4) is 17.2 Å². The number of carbonyl (C=O) groups is 2. The zero-order valence-electron chi connectivity index (χ0n) is 14.5. The molecule has 2 rings (SSSR count). The quantitative estimate of drug-likeness (QED) is 0.777. The van der Waals surface area contributed by atoms with E-state index < -0.39 is 0 Å². The van der Waals surface area contributed by atoms with Gasteiger partial charge in [-0.3, -0.25) is 9.59 Å². The summed E-state index contributed by atoms with van der Waals surface area (Å²) in [5, 5.41) is 2.82. The molecule has 0 saturated heterocycles. The topological polar surface area (TPSA) is 77.1 Å². The van der Waals surface area contributed by atoms with Crippen LogP contribution in [-0.2, 0) is 4.79 Å². The summed E-state index contributed by atoms with van der Waals surface area (Å²) < 4.78 is 15.7. The highest BCUT2D eigenvalue weighted by molar-refractivity contribution is 5.95. The van der Waals surface area contributed by atoms with Gasteiger partial charge in [-0.05, 0) is 25.0 Å². The van der Waals surface area contributed by atoms with E-state index in [1.165, 1.54) is 21.3 Å². The molecule has 132 valence electrons. The molecule has 0 heterocycles. The predicted octanol–water partition coefficient (Wildman–Crippen LogP) is 1.45. The van der Waals surface area contributed by atoms with E-state index >= 15 is 0 Å². The van der Waals surface area contributed by atoms with Crippen molar-refractivity contribution in [3.05, 3.63) is 17.7 Å². The molecule has 0 radical (unpaired) electrons. The molecule has 7 nitrogen and oxygen atoms in total. The first kappa shape index (κ1) is 17.9. The molecule has 0 aliphatic heterocycles. The number of hydrogen-bond donors (Lipinski definition) is 1. The number of methoxy groups -OCH3 is 3. The minimum absolute atomic E-state index is 0.0412. The molecule has 7 heteroatoms.